The van der Waals surface area contributed by atoms with Gasteiger partial charge in [-0.1, -0.05) is 12.1 Å². The van der Waals surface area contributed by atoms with Crippen LogP contribution in [0.2, 0.25) is 0 Å². The Balaban J connectivity index is 1.71. The van der Waals surface area contributed by atoms with Gasteiger partial charge < -0.3 is 10.7 Å². The minimum atomic E-state index is 0.497. The van der Waals surface area contributed by atoms with Crippen LogP contribution in [0.5, 0.6) is 0 Å². The fourth-order valence-electron chi connectivity index (χ4n) is 2.93. The number of nitrogens with zero attached hydrogens (tertiary/aromatic N) is 2. The summed E-state index contributed by atoms with van der Waals surface area (Å²) < 4.78 is 0. The van der Waals surface area contributed by atoms with E-state index in [9.17, 15) is 0 Å². The van der Waals surface area contributed by atoms with E-state index in [1.54, 1.807) is 0 Å². The molecule has 1 atom stereocenters. The van der Waals surface area contributed by atoms with Gasteiger partial charge in [-0.2, -0.15) is 0 Å². The van der Waals surface area contributed by atoms with Crippen LogP contribution >= 0.6 is 0 Å². The lowest BCUT2D eigenvalue weighted by Crippen LogP contribution is -2.43. The Kier molecular flexibility index (Phi) is 3.53. The molecule has 1 fully saturated rings. The van der Waals surface area contributed by atoms with Crippen LogP contribution in [0.3, 0.4) is 0 Å². The largest absolute Gasteiger partial charge is 0.342 e. The van der Waals surface area contributed by atoms with E-state index in [2.05, 4.69) is 35.0 Å². The molecule has 0 bridgehead atoms. The molecular weight excluding hydrogens is 236 g/mol. The molecule has 1 saturated heterocycles. The Hall–Kier alpha value is -1.39. The molecule has 2 heterocycles. The highest BCUT2D eigenvalue weighted by Crippen LogP contribution is 2.28. The van der Waals surface area contributed by atoms with Crippen molar-refractivity contribution in [3.05, 3.63) is 30.1 Å². The van der Waals surface area contributed by atoms with Gasteiger partial charge in [0.1, 0.15) is 5.82 Å². The molecule has 0 amide bonds. The molecule has 0 saturated carbocycles. The van der Waals surface area contributed by atoms with Gasteiger partial charge in [0.2, 0.25) is 0 Å². The van der Waals surface area contributed by atoms with Crippen LogP contribution in [0, 0.1) is 0 Å². The van der Waals surface area contributed by atoms with Gasteiger partial charge in [-0.05, 0) is 45.0 Å². The van der Waals surface area contributed by atoms with Crippen molar-refractivity contribution >= 4 is 11.0 Å². The molecule has 4 heteroatoms. The number of benzene rings is 1. The molecule has 1 aromatic carbocycles. The maximum atomic E-state index is 5.74. The topological polar surface area (TPSA) is 57.9 Å². The number of hydrogen-bond donors (Lipinski definition) is 2. The molecule has 0 aliphatic carbocycles. The number of nitrogens with two attached hydrogens (primary N) is 1. The predicted octanol–water partition coefficient (Wildman–Crippen LogP) is 2.09. The monoisotopic (exact) mass is 258 g/mol. The van der Waals surface area contributed by atoms with Crippen molar-refractivity contribution in [1.29, 1.82) is 0 Å². The first-order chi connectivity index (χ1) is 9.28. The Labute approximate surface area is 114 Å². The van der Waals surface area contributed by atoms with E-state index in [0.29, 0.717) is 12.0 Å². The van der Waals surface area contributed by atoms with Gasteiger partial charge in [0.15, 0.2) is 0 Å². The number of aromatic nitrogens is 2. The average molecular weight is 258 g/mol. The van der Waals surface area contributed by atoms with Crippen LogP contribution in [-0.4, -0.2) is 40.5 Å². The van der Waals surface area contributed by atoms with Crippen LogP contribution < -0.4 is 5.73 Å². The van der Waals surface area contributed by atoms with Crippen molar-refractivity contribution in [2.45, 2.75) is 31.7 Å². The van der Waals surface area contributed by atoms with Crippen molar-refractivity contribution in [3.8, 4) is 0 Å². The van der Waals surface area contributed by atoms with E-state index < -0.39 is 0 Å². The fraction of sp³-hybridized carbons (Fsp3) is 0.533. The van der Waals surface area contributed by atoms with Crippen molar-refractivity contribution < 1.29 is 0 Å². The normalized spacial score (nSPS) is 19.9. The number of imidazole rings is 1. The molecular formula is C15H22N4. The Morgan fingerprint density at radius 2 is 2.11 bits per heavy atom. The fourth-order valence-corrected chi connectivity index (χ4v) is 2.93. The van der Waals surface area contributed by atoms with E-state index in [0.717, 1.165) is 36.5 Å². The molecule has 0 radical (unpaired) electrons. The molecule has 102 valence electrons. The third kappa shape index (κ3) is 2.51. The van der Waals surface area contributed by atoms with E-state index in [1.165, 1.54) is 12.8 Å². The highest BCUT2D eigenvalue weighted by molar-refractivity contribution is 5.74. The number of likely N-dealkylation sites (tertiary alicyclic amines) is 1. The SMILES string of the molecule is CC(CN)N1CCC(c2nc3ccccc3[nH]2)CC1. The van der Waals surface area contributed by atoms with Crippen LogP contribution in [0.1, 0.15) is 31.5 Å². The summed E-state index contributed by atoms with van der Waals surface area (Å²) in [6.07, 6.45) is 2.34. The number of para-hydroxylation sites is 2. The van der Waals surface area contributed by atoms with Crippen molar-refractivity contribution in [1.82, 2.24) is 14.9 Å². The predicted molar refractivity (Wildman–Crippen MR) is 78.2 cm³/mol. The number of H-pyrrole nitrogens is 1. The second-order valence-electron chi connectivity index (χ2n) is 5.53. The molecule has 19 heavy (non-hydrogen) atoms. The summed E-state index contributed by atoms with van der Waals surface area (Å²) in [5, 5.41) is 0. The minimum Gasteiger partial charge on any atom is -0.342 e. The van der Waals surface area contributed by atoms with E-state index in [-0.39, 0.29) is 0 Å². The third-order valence-electron chi connectivity index (χ3n) is 4.29. The Bertz CT molecular complexity index is 507. The molecule has 1 aliphatic rings. The Morgan fingerprint density at radius 3 is 2.79 bits per heavy atom. The van der Waals surface area contributed by atoms with E-state index >= 15 is 0 Å². The van der Waals surface area contributed by atoms with Crippen molar-refractivity contribution in [3.63, 3.8) is 0 Å². The Morgan fingerprint density at radius 1 is 1.37 bits per heavy atom. The molecule has 3 rings (SSSR count). The molecule has 1 aromatic heterocycles. The molecule has 1 aliphatic heterocycles. The van der Waals surface area contributed by atoms with Crippen molar-refractivity contribution in [2.75, 3.05) is 19.6 Å². The summed E-state index contributed by atoms with van der Waals surface area (Å²) in [7, 11) is 0. The van der Waals surface area contributed by atoms with Crippen LogP contribution in [-0.2, 0) is 0 Å². The van der Waals surface area contributed by atoms with E-state index in [1.807, 2.05) is 6.07 Å². The maximum absolute atomic E-state index is 5.74. The number of nitrogens with one attached hydrogen (secondary N) is 1. The van der Waals surface area contributed by atoms with Gasteiger partial charge in [0.05, 0.1) is 11.0 Å². The zero-order valence-electron chi connectivity index (χ0n) is 11.5. The molecule has 1 unspecified atom stereocenters. The van der Waals surface area contributed by atoms with Gasteiger partial charge in [0.25, 0.3) is 0 Å². The highest BCUT2D eigenvalue weighted by Gasteiger charge is 2.24. The first-order valence-corrected chi connectivity index (χ1v) is 7.16. The number of fused-ring (bicyclic) bond motifs is 1. The lowest BCUT2D eigenvalue weighted by molar-refractivity contribution is 0.163. The van der Waals surface area contributed by atoms with Crippen LogP contribution in [0.15, 0.2) is 24.3 Å². The van der Waals surface area contributed by atoms with Gasteiger partial charge in [-0.3, -0.25) is 4.90 Å². The average Bonchev–Trinajstić information content (AvgIpc) is 2.90. The summed E-state index contributed by atoms with van der Waals surface area (Å²) in [6, 6.07) is 8.75. The number of aromatic amines is 1. The minimum absolute atomic E-state index is 0.497. The molecule has 3 N–H and O–H groups in total. The van der Waals surface area contributed by atoms with Gasteiger partial charge in [-0.25, -0.2) is 4.98 Å². The number of piperidine rings is 1. The number of rotatable bonds is 3. The molecule has 2 aromatic rings. The summed E-state index contributed by atoms with van der Waals surface area (Å²) in [5.74, 6) is 1.72. The zero-order chi connectivity index (χ0) is 13.2. The van der Waals surface area contributed by atoms with Gasteiger partial charge >= 0.3 is 0 Å². The maximum Gasteiger partial charge on any atom is 0.110 e. The van der Waals surface area contributed by atoms with Crippen LogP contribution in [0.4, 0.5) is 0 Å². The van der Waals surface area contributed by atoms with Gasteiger partial charge in [-0.15, -0.1) is 0 Å². The lowest BCUT2D eigenvalue weighted by atomic mass is 9.95. The van der Waals surface area contributed by atoms with Crippen molar-refractivity contribution in [2.24, 2.45) is 5.73 Å². The quantitative estimate of drug-likeness (QED) is 0.886. The summed E-state index contributed by atoms with van der Waals surface area (Å²) in [4.78, 5) is 10.7. The standard InChI is InChI=1S/C15H22N4/c1-11(10-16)19-8-6-12(7-9-19)15-17-13-4-2-3-5-14(13)18-15/h2-5,11-12H,6-10,16H2,1H3,(H,17,18). The smallest absolute Gasteiger partial charge is 0.110 e. The first kappa shape index (κ1) is 12.6. The number of hydrogen-bond acceptors (Lipinski definition) is 3. The summed E-state index contributed by atoms with van der Waals surface area (Å²) in [5.41, 5.74) is 7.97. The first-order valence-electron chi connectivity index (χ1n) is 7.16. The second kappa shape index (κ2) is 5.31. The lowest BCUT2D eigenvalue weighted by Gasteiger charge is -2.34. The third-order valence-corrected chi connectivity index (χ3v) is 4.29. The second-order valence-corrected chi connectivity index (χ2v) is 5.53. The zero-order valence-corrected chi connectivity index (χ0v) is 11.5. The summed E-state index contributed by atoms with van der Waals surface area (Å²) in [6.45, 7) is 5.21. The van der Waals surface area contributed by atoms with Gasteiger partial charge in [0, 0.05) is 18.5 Å². The van der Waals surface area contributed by atoms with Crippen LogP contribution in [0.25, 0.3) is 11.0 Å². The molecule has 4 nitrogen and oxygen atoms in total. The highest BCUT2D eigenvalue weighted by atomic mass is 15.2. The summed E-state index contributed by atoms with van der Waals surface area (Å²) >= 11 is 0. The van der Waals surface area contributed by atoms with E-state index in [4.69, 9.17) is 10.7 Å². The molecule has 0 spiro atoms.